The maximum atomic E-state index is 13.5. The summed E-state index contributed by atoms with van der Waals surface area (Å²) in [5.74, 6) is 0.126. The van der Waals surface area contributed by atoms with Crippen LogP contribution in [0.5, 0.6) is 0 Å². The molecule has 1 saturated heterocycles. The fourth-order valence-corrected chi connectivity index (χ4v) is 2.49. The molecule has 0 aromatic heterocycles. The molecular formula is C14H18FNO2. The van der Waals surface area contributed by atoms with Crippen molar-refractivity contribution in [2.45, 2.75) is 12.8 Å². The smallest absolute Gasteiger partial charge is 0.155 e. The van der Waals surface area contributed by atoms with E-state index < -0.39 is 5.82 Å². The normalized spacial score (nSPS) is 16.9. The summed E-state index contributed by atoms with van der Waals surface area (Å²) in [5.41, 5.74) is 0.878. The quantitative estimate of drug-likeness (QED) is 0.770. The molecule has 1 aromatic rings. The number of hydrogen-bond acceptors (Lipinski definition) is 3. The summed E-state index contributed by atoms with van der Waals surface area (Å²) in [7, 11) is 1.71. The van der Waals surface area contributed by atoms with Gasteiger partial charge >= 0.3 is 0 Å². The van der Waals surface area contributed by atoms with Crippen LogP contribution < -0.4 is 4.90 Å². The third-order valence-corrected chi connectivity index (χ3v) is 3.51. The van der Waals surface area contributed by atoms with Crippen LogP contribution in [0.25, 0.3) is 0 Å². The molecule has 4 heteroatoms. The first-order chi connectivity index (χ1) is 8.76. The number of ether oxygens (including phenoxy) is 1. The molecule has 0 radical (unpaired) electrons. The summed E-state index contributed by atoms with van der Waals surface area (Å²) < 4.78 is 18.7. The van der Waals surface area contributed by atoms with Gasteiger partial charge in [0.2, 0.25) is 0 Å². The molecule has 98 valence electrons. The van der Waals surface area contributed by atoms with Crippen molar-refractivity contribution in [1.82, 2.24) is 0 Å². The molecule has 1 heterocycles. The number of piperidine rings is 1. The van der Waals surface area contributed by atoms with E-state index in [2.05, 4.69) is 4.90 Å². The highest BCUT2D eigenvalue weighted by Crippen LogP contribution is 2.27. The van der Waals surface area contributed by atoms with E-state index in [4.69, 9.17) is 4.74 Å². The van der Waals surface area contributed by atoms with E-state index in [1.165, 1.54) is 6.07 Å². The van der Waals surface area contributed by atoms with E-state index in [1.807, 2.05) is 6.07 Å². The van der Waals surface area contributed by atoms with Gasteiger partial charge in [0.15, 0.2) is 6.29 Å². The molecule has 1 fully saturated rings. The molecule has 0 bridgehead atoms. The summed E-state index contributed by atoms with van der Waals surface area (Å²) in [4.78, 5) is 13.1. The fourth-order valence-electron chi connectivity index (χ4n) is 2.49. The van der Waals surface area contributed by atoms with Crippen LogP contribution in [0.4, 0.5) is 10.1 Å². The topological polar surface area (TPSA) is 29.5 Å². The van der Waals surface area contributed by atoms with Gasteiger partial charge in [0.1, 0.15) is 5.82 Å². The number of anilines is 1. The predicted octanol–water partition coefficient (Wildman–Crippen LogP) is 2.50. The Morgan fingerprint density at radius 3 is 2.78 bits per heavy atom. The molecule has 3 nitrogen and oxygen atoms in total. The summed E-state index contributed by atoms with van der Waals surface area (Å²) in [6, 6.07) is 4.78. The molecule has 0 spiro atoms. The Morgan fingerprint density at radius 1 is 1.44 bits per heavy atom. The van der Waals surface area contributed by atoms with E-state index in [1.54, 1.807) is 13.2 Å². The minimum Gasteiger partial charge on any atom is -0.384 e. The maximum Gasteiger partial charge on any atom is 0.155 e. The number of nitrogens with zero attached hydrogens (tertiary/aromatic N) is 1. The molecule has 0 atom stereocenters. The molecule has 1 aliphatic heterocycles. The summed E-state index contributed by atoms with van der Waals surface area (Å²) >= 11 is 0. The maximum absolute atomic E-state index is 13.5. The summed E-state index contributed by atoms with van der Waals surface area (Å²) in [6.07, 6.45) is 2.64. The Hall–Kier alpha value is -1.42. The number of carbonyl (C=O) groups excluding carboxylic acids is 1. The Morgan fingerprint density at radius 2 is 2.17 bits per heavy atom. The first kappa shape index (κ1) is 13.0. The molecule has 2 rings (SSSR count). The Kier molecular flexibility index (Phi) is 4.31. The van der Waals surface area contributed by atoms with Crippen molar-refractivity contribution in [2.75, 3.05) is 31.7 Å². The fraction of sp³-hybridized carbons (Fsp3) is 0.500. The van der Waals surface area contributed by atoms with Gasteiger partial charge in [0.25, 0.3) is 0 Å². The first-order valence-electron chi connectivity index (χ1n) is 6.24. The van der Waals surface area contributed by atoms with E-state index in [0.29, 0.717) is 17.9 Å². The predicted molar refractivity (Wildman–Crippen MR) is 68.6 cm³/mol. The second-order valence-electron chi connectivity index (χ2n) is 4.68. The van der Waals surface area contributed by atoms with Crippen LogP contribution in [0, 0.1) is 11.7 Å². The van der Waals surface area contributed by atoms with Gasteiger partial charge in [-0.25, -0.2) is 4.39 Å². The Labute approximate surface area is 107 Å². The van der Waals surface area contributed by atoms with Crippen LogP contribution in [0.1, 0.15) is 23.2 Å². The summed E-state index contributed by atoms with van der Waals surface area (Å²) in [6.45, 7) is 2.47. The van der Waals surface area contributed by atoms with Crippen molar-refractivity contribution in [3.8, 4) is 0 Å². The highest BCUT2D eigenvalue weighted by molar-refractivity contribution is 5.85. The van der Waals surface area contributed by atoms with Crippen LogP contribution in [0.15, 0.2) is 18.2 Å². The third-order valence-electron chi connectivity index (χ3n) is 3.51. The summed E-state index contributed by atoms with van der Waals surface area (Å²) in [5, 5.41) is 0. The van der Waals surface area contributed by atoms with Crippen molar-refractivity contribution in [2.24, 2.45) is 5.92 Å². The van der Waals surface area contributed by atoms with Crippen molar-refractivity contribution in [3.05, 3.63) is 29.6 Å². The van der Waals surface area contributed by atoms with E-state index >= 15 is 0 Å². The number of rotatable bonds is 4. The monoisotopic (exact) mass is 251 g/mol. The van der Waals surface area contributed by atoms with Crippen molar-refractivity contribution in [3.63, 3.8) is 0 Å². The number of aldehydes is 1. The molecule has 0 amide bonds. The van der Waals surface area contributed by atoms with Gasteiger partial charge in [-0.2, -0.15) is 0 Å². The molecule has 0 saturated carbocycles. The zero-order chi connectivity index (χ0) is 13.0. The minimum absolute atomic E-state index is 0.169. The number of hydrogen-bond donors (Lipinski definition) is 0. The van der Waals surface area contributed by atoms with Crippen LogP contribution in [-0.4, -0.2) is 33.1 Å². The van der Waals surface area contributed by atoms with Crippen molar-refractivity contribution < 1.29 is 13.9 Å². The molecule has 0 N–H and O–H groups in total. The average Bonchev–Trinajstić information content (AvgIpc) is 2.40. The standard InChI is InChI=1S/C14H18FNO2/c1-18-10-11-5-7-16(8-6-11)14-4-2-3-13(15)12(14)9-17/h2-4,9,11H,5-8,10H2,1H3. The lowest BCUT2D eigenvalue weighted by Gasteiger charge is -2.34. The lowest BCUT2D eigenvalue weighted by Crippen LogP contribution is -2.35. The molecular weight excluding hydrogens is 233 g/mol. The number of carbonyl (C=O) groups is 1. The molecule has 18 heavy (non-hydrogen) atoms. The van der Waals surface area contributed by atoms with E-state index in [-0.39, 0.29) is 5.56 Å². The molecule has 1 aromatic carbocycles. The zero-order valence-electron chi connectivity index (χ0n) is 10.6. The Bertz CT molecular complexity index is 414. The second-order valence-corrected chi connectivity index (χ2v) is 4.68. The van der Waals surface area contributed by atoms with Gasteiger partial charge < -0.3 is 9.64 Å². The number of methoxy groups -OCH3 is 1. The second kappa shape index (κ2) is 5.96. The SMILES string of the molecule is COCC1CCN(c2cccc(F)c2C=O)CC1. The molecule has 1 aliphatic rings. The van der Waals surface area contributed by atoms with Gasteiger partial charge in [-0.1, -0.05) is 6.07 Å². The van der Waals surface area contributed by atoms with Crippen LogP contribution >= 0.6 is 0 Å². The van der Waals surface area contributed by atoms with Crippen LogP contribution in [0.2, 0.25) is 0 Å². The van der Waals surface area contributed by atoms with Gasteiger partial charge in [-0.05, 0) is 30.9 Å². The molecule has 0 aliphatic carbocycles. The first-order valence-corrected chi connectivity index (χ1v) is 6.24. The lowest BCUT2D eigenvalue weighted by atomic mass is 9.97. The van der Waals surface area contributed by atoms with Gasteiger partial charge in [0, 0.05) is 26.8 Å². The highest BCUT2D eigenvalue weighted by atomic mass is 19.1. The van der Waals surface area contributed by atoms with E-state index in [9.17, 15) is 9.18 Å². The zero-order valence-corrected chi connectivity index (χ0v) is 10.6. The lowest BCUT2D eigenvalue weighted by molar-refractivity contribution is 0.111. The van der Waals surface area contributed by atoms with Crippen LogP contribution in [0.3, 0.4) is 0 Å². The number of benzene rings is 1. The Balaban J connectivity index is 2.10. The highest BCUT2D eigenvalue weighted by Gasteiger charge is 2.21. The minimum atomic E-state index is -0.443. The van der Waals surface area contributed by atoms with Crippen molar-refractivity contribution in [1.29, 1.82) is 0 Å². The van der Waals surface area contributed by atoms with Crippen LogP contribution in [-0.2, 0) is 4.74 Å². The third kappa shape index (κ3) is 2.70. The molecule has 0 unspecified atom stereocenters. The van der Waals surface area contributed by atoms with Gasteiger partial charge in [-0.3, -0.25) is 4.79 Å². The van der Waals surface area contributed by atoms with E-state index in [0.717, 1.165) is 32.5 Å². The van der Waals surface area contributed by atoms with Gasteiger partial charge in [0.05, 0.1) is 11.3 Å². The largest absolute Gasteiger partial charge is 0.384 e. The average molecular weight is 251 g/mol. The van der Waals surface area contributed by atoms with Crippen molar-refractivity contribution >= 4 is 12.0 Å². The number of halogens is 1. The van der Waals surface area contributed by atoms with Gasteiger partial charge in [-0.15, -0.1) is 0 Å².